The first kappa shape index (κ1) is 6.60. The number of nitrogens with two attached hydrogens (primary N) is 1. The Morgan fingerprint density at radius 2 is 2.60 bits per heavy atom. The maximum Gasteiger partial charge on any atom is 0.429 e. The third-order valence-electron chi connectivity index (χ3n) is 0.971. The van der Waals surface area contributed by atoms with E-state index >= 15 is 0 Å². The predicted octanol–water partition coefficient (Wildman–Crippen LogP) is -0.301. The predicted molar refractivity (Wildman–Crippen MR) is 33.1 cm³/mol. The van der Waals surface area contributed by atoms with E-state index in [-0.39, 0.29) is 0 Å². The van der Waals surface area contributed by atoms with Crippen LogP contribution in [0.1, 0.15) is 5.82 Å². The highest BCUT2D eigenvalue weighted by Gasteiger charge is 1.98. The summed E-state index contributed by atoms with van der Waals surface area (Å²) < 4.78 is 1.20. The van der Waals surface area contributed by atoms with Crippen LogP contribution in [0.2, 0.25) is 0 Å². The van der Waals surface area contributed by atoms with Gasteiger partial charge in [-0.15, -0.1) is 0 Å². The van der Waals surface area contributed by atoms with Gasteiger partial charge in [0.1, 0.15) is 5.82 Å². The lowest BCUT2D eigenvalue weighted by Crippen LogP contribution is -2.25. The highest BCUT2D eigenvalue weighted by atomic mass is 16.7. The van der Waals surface area contributed by atoms with Crippen LogP contribution in [-0.4, -0.2) is 15.8 Å². The molecule has 0 saturated heterocycles. The van der Waals surface area contributed by atoms with Gasteiger partial charge in [0.25, 0.3) is 0 Å². The molecule has 1 amide bonds. The van der Waals surface area contributed by atoms with E-state index in [1.54, 1.807) is 6.92 Å². The lowest BCUT2D eigenvalue weighted by molar-refractivity contribution is 0.140. The lowest BCUT2D eigenvalue weighted by atomic mass is 10.7. The Bertz CT molecular complexity index is 243. The fraction of sp³-hybridized carbons (Fsp3) is 0.200. The molecule has 1 rings (SSSR count). The Labute approximate surface area is 57.4 Å². The van der Waals surface area contributed by atoms with E-state index in [4.69, 9.17) is 5.73 Å². The molecule has 10 heavy (non-hydrogen) atoms. The Kier molecular flexibility index (Phi) is 1.57. The Morgan fingerprint density at radius 1 is 1.90 bits per heavy atom. The van der Waals surface area contributed by atoms with Crippen molar-refractivity contribution in [3.05, 3.63) is 18.2 Å². The Hall–Kier alpha value is -1.52. The molecular weight excluding hydrogens is 134 g/mol. The van der Waals surface area contributed by atoms with Crippen LogP contribution in [0, 0.1) is 6.92 Å². The third-order valence-corrected chi connectivity index (χ3v) is 0.971. The molecule has 0 fully saturated rings. The fourth-order valence-corrected chi connectivity index (χ4v) is 0.560. The molecule has 0 saturated carbocycles. The summed E-state index contributed by atoms with van der Waals surface area (Å²) >= 11 is 0. The van der Waals surface area contributed by atoms with Gasteiger partial charge >= 0.3 is 6.09 Å². The maximum absolute atomic E-state index is 10.2. The van der Waals surface area contributed by atoms with Crippen LogP contribution in [0.3, 0.4) is 0 Å². The quantitative estimate of drug-likeness (QED) is 0.583. The van der Waals surface area contributed by atoms with E-state index in [2.05, 4.69) is 9.82 Å². The third kappa shape index (κ3) is 1.25. The monoisotopic (exact) mass is 141 g/mol. The first-order valence-electron chi connectivity index (χ1n) is 2.68. The minimum absolute atomic E-state index is 0.582. The zero-order valence-electron chi connectivity index (χ0n) is 5.44. The van der Waals surface area contributed by atoms with Crippen molar-refractivity contribution in [1.29, 1.82) is 0 Å². The summed E-state index contributed by atoms with van der Waals surface area (Å²) in [7, 11) is 0. The van der Waals surface area contributed by atoms with Gasteiger partial charge in [-0.1, -0.05) is 0 Å². The number of amides is 1. The Balaban J connectivity index is 2.74. The first-order valence-corrected chi connectivity index (χ1v) is 2.68. The van der Waals surface area contributed by atoms with Crippen LogP contribution < -0.4 is 10.6 Å². The molecule has 0 aliphatic heterocycles. The molecule has 0 bridgehead atoms. The zero-order valence-corrected chi connectivity index (χ0v) is 5.44. The van der Waals surface area contributed by atoms with Gasteiger partial charge < -0.3 is 10.6 Å². The molecule has 0 spiro atoms. The Morgan fingerprint density at radius 3 is 3.00 bits per heavy atom. The molecule has 0 atom stereocenters. The van der Waals surface area contributed by atoms with Crippen molar-refractivity contribution >= 4 is 6.09 Å². The minimum Gasteiger partial charge on any atom is -0.333 e. The largest absolute Gasteiger partial charge is 0.429 e. The summed E-state index contributed by atoms with van der Waals surface area (Å²) in [6, 6.07) is 0. The topological polar surface area (TPSA) is 70.1 Å². The van der Waals surface area contributed by atoms with Crippen LogP contribution in [0.15, 0.2) is 12.4 Å². The molecular formula is C5H7N3O2. The lowest BCUT2D eigenvalue weighted by Gasteiger charge is -1.99. The molecule has 1 heterocycles. The fourth-order valence-electron chi connectivity index (χ4n) is 0.560. The van der Waals surface area contributed by atoms with Crippen LogP contribution in [0.5, 0.6) is 0 Å². The molecule has 1 aromatic rings. The number of carbonyl (C=O) groups excluding carboxylic acids is 1. The van der Waals surface area contributed by atoms with Crippen LogP contribution in [0.4, 0.5) is 4.79 Å². The SMILES string of the molecule is Cc1nccn1OC(N)=O. The summed E-state index contributed by atoms with van der Waals surface area (Å²) in [6.45, 7) is 1.70. The molecule has 0 aliphatic carbocycles. The van der Waals surface area contributed by atoms with Gasteiger partial charge in [-0.05, 0) is 6.92 Å². The van der Waals surface area contributed by atoms with Crippen molar-refractivity contribution in [1.82, 2.24) is 9.71 Å². The standard InChI is InChI=1S/C5H7N3O2/c1-4-7-2-3-8(4)10-5(6)9/h2-3H,1H3,(H2,6,9). The van der Waals surface area contributed by atoms with E-state index in [0.29, 0.717) is 5.82 Å². The van der Waals surface area contributed by atoms with Crippen molar-refractivity contribution in [2.75, 3.05) is 0 Å². The molecule has 2 N–H and O–H groups in total. The normalized spacial score (nSPS) is 9.30. The average molecular weight is 141 g/mol. The summed E-state index contributed by atoms with van der Waals surface area (Å²) in [6.07, 6.45) is 2.17. The van der Waals surface area contributed by atoms with Gasteiger partial charge in [-0.25, -0.2) is 9.78 Å². The van der Waals surface area contributed by atoms with Crippen molar-refractivity contribution < 1.29 is 9.63 Å². The molecule has 0 radical (unpaired) electrons. The van der Waals surface area contributed by atoms with Gasteiger partial charge in [0.05, 0.1) is 6.20 Å². The minimum atomic E-state index is -0.846. The number of hydrogen-bond acceptors (Lipinski definition) is 3. The van der Waals surface area contributed by atoms with Crippen molar-refractivity contribution in [3.8, 4) is 0 Å². The van der Waals surface area contributed by atoms with Gasteiger partial charge in [0, 0.05) is 6.20 Å². The smallest absolute Gasteiger partial charge is 0.333 e. The molecule has 5 heteroatoms. The summed E-state index contributed by atoms with van der Waals surface area (Å²) in [5.41, 5.74) is 4.74. The zero-order chi connectivity index (χ0) is 7.56. The maximum atomic E-state index is 10.2. The van der Waals surface area contributed by atoms with Crippen molar-refractivity contribution in [2.45, 2.75) is 6.92 Å². The molecule has 5 nitrogen and oxygen atoms in total. The average Bonchev–Trinajstić information content (AvgIpc) is 2.15. The number of hydrogen-bond donors (Lipinski definition) is 1. The van der Waals surface area contributed by atoms with Crippen LogP contribution >= 0.6 is 0 Å². The van der Waals surface area contributed by atoms with Gasteiger partial charge in [-0.3, -0.25) is 0 Å². The molecule has 54 valence electrons. The molecule has 0 aromatic carbocycles. The second-order valence-electron chi connectivity index (χ2n) is 1.71. The van der Waals surface area contributed by atoms with E-state index in [1.165, 1.54) is 17.1 Å². The number of nitrogens with zero attached hydrogens (tertiary/aromatic N) is 2. The van der Waals surface area contributed by atoms with Gasteiger partial charge in [-0.2, -0.15) is 4.73 Å². The second-order valence-corrected chi connectivity index (χ2v) is 1.71. The second kappa shape index (κ2) is 2.38. The molecule has 0 aliphatic rings. The number of carbonyl (C=O) groups is 1. The first-order chi connectivity index (χ1) is 4.70. The van der Waals surface area contributed by atoms with Crippen molar-refractivity contribution in [3.63, 3.8) is 0 Å². The van der Waals surface area contributed by atoms with Crippen LogP contribution in [-0.2, 0) is 0 Å². The summed E-state index contributed by atoms with van der Waals surface area (Å²) in [4.78, 5) is 18.4. The van der Waals surface area contributed by atoms with Crippen molar-refractivity contribution in [2.24, 2.45) is 5.73 Å². The number of imidazole rings is 1. The highest BCUT2D eigenvalue weighted by Crippen LogP contribution is 1.89. The van der Waals surface area contributed by atoms with Gasteiger partial charge in [0.2, 0.25) is 0 Å². The highest BCUT2D eigenvalue weighted by molar-refractivity contribution is 5.64. The number of primary amides is 1. The van der Waals surface area contributed by atoms with E-state index < -0.39 is 6.09 Å². The van der Waals surface area contributed by atoms with E-state index in [0.717, 1.165) is 0 Å². The summed E-state index contributed by atoms with van der Waals surface area (Å²) in [5, 5.41) is 0. The van der Waals surface area contributed by atoms with Crippen LogP contribution in [0.25, 0.3) is 0 Å². The van der Waals surface area contributed by atoms with Gasteiger partial charge in [0.15, 0.2) is 0 Å². The van der Waals surface area contributed by atoms with E-state index in [1.807, 2.05) is 0 Å². The molecule has 0 unspecified atom stereocenters. The summed E-state index contributed by atoms with van der Waals surface area (Å²) in [5.74, 6) is 0.582. The molecule has 1 aromatic heterocycles. The number of rotatable bonds is 1. The van der Waals surface area contributed by atoms with E-state index in [9.17, 15) is 4.79 Å². The number of aryl methyl sites for hydroxylation is 1. The number of aromatic nitrogens is 2.